The molecule has 0 radical (unpaired) electrons. The Balaban J connectivity index is 1.89. The minimum Gasteiger partial charge on any atom is -0.493 e. The van der Waals surface area contributed by atoms with Gasteiger partial charge in [-0.1, -0.05) is 0 Å². The van der Waals surface area contributed by atoms with Crippen molar-refractivity contribution < 1.29 is 19.1 Å². The number of thiocarbonyl (C=S) groups is 1. The average Bonchev–Trinajstić information content (AvgIpc) is 2.63. The summed E-state index contributed by atoms with van der Waals surface area (Å²) in [6, 6.07) is 5.15. The monoisotopic (exact) mass is 442 g/mol. The van der Waals surface area contributed by atoms with Crippen LogP contribution in [0.5, 0.6) is 5.75 Å². The van der Waals surface area contributed by atoms with Gasteiger partial charge >= 0.3 is 5.97 Å². The number of nitrogens with one attached hydrogen (secondary N) is 1. The van der Waals surface area contributed by atoms with Gasteiger partial charge in [-0.25, -0.2) is 0 Å². The maximum atomic E-state index is 12.4. The number of amides is 1. The summed E-state index contributed by atoms with van der Waals surface area (Å²) in [5.74, 6) is 0.173. The lowest BCUT2D eigenvalue weighted by Gasteiger charge is -2.32. The molecule has 1 amide bonds. The highest BCUT2D eigenvalue weighted by molar-refractivity contribution is 9.10. The van der Waals surface area contributed by atoms with Crippen LogP contribution in [0.15, 0.2) is 22.7 Å². The van der Waals surface area contributed by atoms with Gasteiger partial charge in [0.15, 0.2) is 5.11 Å². The summed E-state index contributed by atoms with van der Waals surface area (Å²) in [6.07, 6.45) is 1.34. The van der Waals surface area contributed by atoms with Crippen LogP contribution in [0.3, 0.4) is 0 Å². The fraction of sp³-hybridized carbons (Fsp3) is 0.500. The Labute approximate surface area is 167 Å². The van der Waals surface area contributed by atoms with Crippen molar-refractivity contribution in [1.82, 2.24) is 10.2 Å². The molecule has 1 aromatic rings. The van der Waals surface area contributed by atoms with E-state index in [0.717, 1.165) is 0 Å². The van der Waals surface area contributed by atoms with Gasteiger partial charge in [0.1, 0.15) is 5.75 Å². The van der Waals surface area contributed by atoms with Gasteiger partial charge in [-0.3, -0.25) is 14.9 Å². The van der Waals surface area contributed by atoms with E-state index in [0.29, 0.717) is 60.0 Å². The number of benzene rings is 1. The fourth-order valence-corrected chi connectivity index (χ4v) is 3.51. The van der Waals surface area contributed by atoms with Gasteiger partial charge in [0, 0.05) is 18.7 Å². The molecule has 142 valence electrons. The molecule has 2 rings (SSSR count). The van der Waals surface area contributed by atoms with E-state index in [4.69, 9.17) is 21.7 Å². The topological polar surface area (TPSA) is 67.9 Å². The van der Waals surface area contributed by atoms with Crippen molar-refractivity contribution in [2.45, 2.75) is 26.7 Å². The molecule has 6 nitrogen and oxygen atoms in total. The van der Waals surface area contributed by atoms with Crippen LogP contribution in [-0.4, -0.2) is 48.2 Å². The highest BCUT2D eigenvalue weighted by Crippen LogP contribution is 2.26. The predicted molar refractivity (Wildman–Crippen MR) is 106 cm³/mol. The zero-order valence-corrected chi connectivity index (χ0v) is 17.3. The first-order chi connectivity index (χ1) is 12.5. The largest absolute Gasteiger partial charge is 0.493 e. The molecule has 0 spiro atoms. The molecule has 26 heavy (non-hydrogen) atoms. The van der Waals surface area contributed by atoms with E-state index in [1.807, 2.05) is 11.8 Å². The molecule has 0 unspecified atom stereocenters. The van der Waals surface area contributed by atoms with Crippen LogP contribution >= 0.6 is 28.1 Å². The van der Waals surface area contributed by atoms with Crippen molar-refractivity contribution in [3.8, 4) is 5.75 Å². The van der Waals surface area contributed by atoms with E-state index in [9.17, 15) is 9.59 Å². The second kappa shape index (κ2) is 9.87. The van der Waals surface area contributed by atoms with E-state index < -0.39 is 0 Å². The molecule has 8 heteroatoms. The zero-order valence-electron chi connectivity index (χ0n) is 14.9. The van der Waals surface area contributed by atoms with Crippen molar-refractivity contribution in [2.75, 3.05) is 26.3 Å². The number of carbonyl (C=O) groups excluding carboxylic acids is 2. The lowest BCUT2D eigenvalue weighted by Crippen LogP contribution is -2.47. The molecule has 0 aromatic heterocycles. The Bertz CT molecular complexity index is 675. The number of rotatable bonds is 5. The Morgan fingerprint density at radius 2 is 1.96 bits per heavy atom. The Kier molecular flexibility index (Phi) is 7.84. The zero-order chi connectivity index (χ0) is 19.1. The second-order valence-corrected chi connectivity index (χ2v) is 7.09. The number of nitrogens with zero attached hydrogens (tertiary/aromatic N) is 1. The molecule has 1 N–H and O–H groups in total. The third-order valence-electron chi connectivity index (χ3n) is 4.12. The molecular formula is C18H23BrN2O4S. The molecule has 1 aliphatic rings. The highest BCUT2D eigenvalue weighted by Gasteiger charge is 2.27. The molecular weight excluding hydrogens is 420 g/mol. The van der Waals surface area contributed by atoms with Crippen molar-refractivity contribution in [1.29, 1.82) is 0 Å². The SMILES string of the molecule is CCOC(=O)C1CCN(C(=S)NC(=O)c2ccc(OCC)c(Br)c2)CC1. The molecule has 1 saturated heterocycles. The average molecular weight is 443 g/mol. The quantitative estimate of drug-likeness (QED) is 0.557. The van der Waals surface area contributed by atoms with Crippen LogP contribution in [-0.2, 0) is 9.53 Å². The maximum Gasteiger partial charge on any atom is 0.309 e. The van der Waals surface area contributed by atoms with Gasteiger partial charge < -0.3 is 14.4 Å². The van der Waals surface area contributed by atoms with Crippen LogP contribution in [0.1, 0.15) is 37.0 Å². The number of likely N-dealkylation sites (tertiary alicyclic amines) is 1. The predicted octanol–water partition coefficient (Wildman–Crippen LogP) is 3.14. The van der Waals surface area contributed by atoms with Crippen molar-refractivity contribution >= 4 is 45.1 Å². The molecule has 0 saturated carbocycles. The molecule has 0 aliphatic carbocycles. The van der Waals surface area contributed by atoms with Crippen LogP contribution in [0.2, 0.25) is 0 Å². The van der Waals surface area contributed by atoms with Crippen LogP contribution < -0.4 is 10.1 Å². The van der Waals surface area contributed by atoms with Gasteiger partial charge in [-0.15, -0.1) is 0 Å². The van der Waals surface area contributed by atoms with Crippen molar-refractivity contribution in [2.24, 2.45) is 5.92 Å². The first-order valence-electron chi connectivity index (χ1n) is 8.65. The summed E-state index contributed by atoms with van der Waals surface area (Å²) in [6.45, 7) is 5.89. The van der Waals surface area contributed by atoms with Crippen LogP contribution in [0.25, 0.3) is 0 Å². The minimum atomic E-state index is -0.272. The summed E-state index contributed by atoms with van der Waals surface area (Å²) in [7, 11) is 0. The molecule has 1 aliphatic heterocycles. The normalized spacial score (nSPS) is 14.7. The maximum absolute atomic E-state index is 12.4. The lowest BCUT2D eigenvalue weighted by molar-refractivity contribution is -0.149. The molecule has 1 fully saturated rings. The molecule has 0 atom stereocenters. The standard InChI is InChI=1S/C18H23BrN2O4S/c1-3-24-15-6-5-13(11-14(15)19)16(22)20-18(26)21-9-7-12(8-10-21)17(23)25-4-2/h5-6,11-12H,3-4,7-10H2,1-2H3,(H,20,22,26). The fourth-order valence-electron chi connectivity index (χ4n) is 2.74. The van der Waals surface area contributed by atoms with Gasteiger partial charge in [0.25, 0.3) is 5.91 Å². The van der Waals surface area contributed by atoms with E-state index in [-0.39, 0.29) is 17.8 Å². The smallest absolute Gasteiger partial charge is 0.309 e. The van der Waals surface area contributed by atoms with E-state index in [2.05, 4.69) is 21.2 Å². The van der Waals surface area contributed by atoms with Crippen molar-refractivity contribution in [3.63, 3.8) is 0 Å². The van der Waals surface area contributed by atoms with Crippen molar-refractivity contribution in [3.05, 3.63) is 28.2 Å². The number of piperidine rings is 1. The minimum absolute atomic E-state index is 0.0910. The van der Waals surface area contributed by atoms with Gasteiger partial charge in [-0.2, -0.15) is 0 Å². The van der Waals surface area contributed by atoms with Gasteiger partial charge in [0.2, 0.25) is 0 Å². The van der Waals surface area contributed by atoms with Crippen LogP contribution in [0.4, 0.5) is 0 Å². The molecule has 0 bridgehead atoms. The summed E-state index contributed by atoms with van der Waals surface area (Å²) in [4.78, 5) is 26.1. The number of carbonyl (C=O) groups is 2. The third kappa shape index (κ3) is 5.41. The van der Waals surface area contributed by atoms with Gasteiger partial charge in [-0.05, 0) is 73.0 Å². The Morgan fingerprint density at radius 1 is 1.27 bits per heavy atom. The highest BCUT2D eigenvalue weighted by atomic mass is 79.9. The number of hydrogen-bond acceptors (Lipinski definition) is 5. The number of hydrogen-bond donors (Lipinski definition) is 1. The second-order valence-electron chi connectivity index (χ2n) is 5.85. The first-order valence-corrected chi connectivity index (χ1v) is 9.85. The van der Waals surface area contributed by atoms with Gasteiger partial charge in [0.05, 0.1) is 23.6 Å². The van der Waals surface area contributed by atoms with Crippen LogP contribution in [0, 0.1) is 5.92 Å². The molecule has 1 heterocycles. The summed E-state index contributed by atoms with van der Waals surface area (Å²) < 4.78 is 11.2. The van der Waals surface area contributed by atoms with E-state index in [1.54, 1.807) is 25.1 Å². The molecule has 1 aromatic carbocycles. The van der Waals surface area contributed by atoms with E-state index >= 15 is 0 Å². The summed E-state index contributed by atoms with van der Waals surface area (Å²) >= 11 is 8.75. The number of ether oxygens (including phenoxy) is 2. The summed E-state index contributed by atoms with van der Waals surface area (Å²) in [5, 5.41) is 3.13. The summed E-state index contributed by atoms with van der Waals surface area (Å²) in [5.41, 5.74) is 0.490. The lowest BCUT2D eigenvalue weighted by atomic mass is 9.97. The third-order valence-corrected chi connectivity index (χ3v) is 5.10. The first kappa shape index (κ1) is 20.6. The Morgan fingerprint density at radius 3 is 2.54 bits per heavy atom. The Hall–Kier alpha value is -1.67. The number of halogens is 1. The number of esters is 1. The van der Waals surface area contributed by atoms with E-state index in [1.165, 1.54) is 0 Å².